The van der Waals surface area contributed by atoms with Crippen LogP contribution in [0, 0.1) is 11.8 Å². The number of carboxylic acids is 1. The summed E-state index contributed by atoms with van der Waals surface area (Å²) in [4.78, 5) is 26.2. The van der Waals surface area contributed by atoms with Crippen LogP contribution in [0.15, 0.2) is 6.20 Å². The second-order valence-corrected chi connectivity index (χ2v) is 7.61. The summed E-state index contributed by atoms with van der Waals surface area (Å²) in [5.41, 5.74) is 0.568. The maximum atomic E-state index is 12.6. The van der Waals surface area contributed by atoms with Crippen LogP contribution < -0.4 is 0 Å². The van der Waals surface area contributed by atoms with E-state index in [1.54, 1.807) is 6.92 Å². The lowest BCUT2D eigenvalue weighted by Crippen LogP contribution is -2.48. The van der Waals surface area contributed by atoms with Crippen molar-refractivity contribution in [1.29, 1.82) is 0 Å². The van der Waals surface area contributed by atoms with E-state index in [-0.39, 0.29) is 37.2 Å². The largest absolute Gasteiger partial charge is 0.477 e. The van der Waals surface area contributed by atoms with E-state index >= 15 is 0 Å². The number of aromatic nitrogens is 2. The number of rotatable bonds is 5. The minimum absolute atomic E-state index is 0.0392. The Morgan fingerprint density at radius 3 is 2.13 bits per heavy atom. The number of halogens is 6. The van der Waals surface area contributed by atoms with Crippen LogP contribution in [0.4, 0.5) is 31.1 Å². The zero-order valence-electron chi connectivity index (χ0n) is 16.3. The maximum absolute atomic E-state index is 12.6. The van der Waals surface area contributed by atoms with Crippen molar-refractivity contribution in [2.45, 2.75) is 38.5 Å². The molecule has 2 aliphatic rings. The number of amides is 1. The second kappa shape index (κ2) is 8.20. The summed E-state index contributed by atoms with van der Waals surface area (Å²) in [5, 5.41) is 13.4. The lowest BCUT2D eigenvalue weighted by Gasteiger charge is -2.26. The molecule has 0 bridgehead atoms. The van der Waals surface area contributed by atoms with Gasteiger partial charge in [0, 0.05) is 44.8 Å². The first-order valence-corrected chi connectivity index (χ1v) is 9.40. The monoisotopic (exact) mass is 458 g/mol. The summed E-state index contributed by atoms with van der Waals surface area (Å²) in [6.07, 6.45) is -15.9. The van der Waals surface area contributed by atoms with Gasteiger partial charge in [0.25, 0.3) is 6.10 Å². The predicted molar refractivity (Wildman–Crippen MR) is 91.1 cm³/mol. The summed E-state index contributed by atoms with van der Waals surface area (Å²) in [5.74, 6) is -1.46. The van der Waals surface area contributed by atoms with Gasteiger partial charge in [-0.2, -0.15) is 31.4 Å². The molecule has 14 heteroatoms. The van der Waals surface area contributed by atoms with E-state index in [1.807, 2.05) is 4.90 Å². The van der Waals surface area contributed by atoms with Gasteiger partial charge in [-0.1, -0.05) is 0 Å². The fourth-order valence-corrected chi connectivity index (χ4v) is 4.13. The first kappa shape index (κ1) is 23.2. The first-order chi connectivity index (χ1) is 14.3. The van der Waals surface area contributed by atoms with E-state index in [0.717, 1.165) is 4.90 Å². The number of likely N-dealkylation sites (tertiary alicyclic amines) is 2. The molecule has 0 radical (unpaired) electrons. The summed E-state index contributed by atoms with van der Waals surface area (Å²) in [7, 11) is 0. The van der Waals surface area contributed by atoms with Gasteiger partial charge < -0.3 is 14.7 Å². The highest BCUT2D eigenvalue weighted by molar-refractivity contribution is 5.87. The van der Waals surface area contributed by atoms with Crippen molar-refractivity contribution in [1.82, 2.24) is 19.6 Å². The third-order valence-electron chi connectivity index (χ3n) is 5.44. The molecule has 0 saturated carbocycles. The van der Waals surface area contributed by atoms with Gasteiger partial charge in [-0.3, -0.25) is 9.58 Å². The van der Waals surface area contributed by atoms with E-state index in [1.165, 1.54) is 10.9 Å². The quantitative estimate of drug-likeness (QED) is 0.683. The predicted octanol–water partition coefficient (Wildman–Crippen LogP) is 2.59. The van der Waals surface area contributed by atoms with E-state index in [2.05, 4.69) is 9.84 Å². The van der Waals surface area contributed by atoms with Crippen molar-refractivity contribution in [3.05, 3.63) is 17.5 Å². The molecule has 2 saturated heterocycles. The molecule has 1 aromatic rings. The van der Waals surface area contributed by atoms with Crippen molar-refractivity contribution in [2.24, 2.45) is 11.8 Å². The zero-order valence-corrected chi connectivity index (χ0v) is 16.3. The number of ether oxygens (including phenoxy) is 1. The number of alkyl halides is 6. The van der Waals surface area contributed by atoms with Gasteiger partial charge in [0.1, 0.15) is 0 Å². The molecule has 1 amide bonds. The fourth-order valence-electron chi connectivity index (χ4n) is 4.13. The minimum atomic E-state index is -5.76. The smallest absolute Gasteiger partial charge is 0.434 e. The topological polar surface area (TPSA) is 87.9 Å². The Morgan fingerprint density at radius 1 is 1.13 bits per heavy atom. The van der Waals surface area contributed by atoms with Gasteiger partial charge in [-0.15, -0.1) is 0 Å². The molecule has 2 fully saturated rings. The Morgan fingerprint density at radius 2 is 1.68 bits per heavy atom. The standard InChI is InChI=1S/C17H20F6N4O4/c1-2-27-12(13(28)29)9(3-24-27)4-25-5-10-7-26(8-11(10)6-25)15(30)31-14(16(18,19)20)17(21,22)23/h3,10-11,14H,2,4-8H2,1H3,(H,28,29). The molecule has 2 aliphatic heterocycles. The van der Waals surface area contributed by atoms with E-state index < -0.39 is 30.5 Å². The fraction of sp³-hybridized carbons (Fsp3) is 0.706. The second-order valence-electron chi connectivity index (χ2n) is 7.61. The number of carbonyl (C=O) groups excluding carboxylic acids is 1. The van der Waals surface area contributed by atoms with Crippen LogP contribution >= 0.6 is 0 Å². The number of aromatic carboxylic acids is 1. The van der Waals surface area contributed by atoms with Gasteiger partial charge in [-0.05, 0) is 18.8 Å². The van der Waals surface area contributed by atoms with Crippen molar-refractivity contribution in [3.63, 3.8) is 0 Å². The first-order valence-electron chi connectivity index (χ1n) is 9.40. The number of nitrogens with zero attached hydrogens (tertiary/aromatic N) is 4. The van der Waals surface area contributed by atoms with Crippen molar-refractivity contribution >= 4 is 12.1 Å². The van der Waals surface area contributed by atoms with Crippen LogP contribution in [0.2, 0.25) is 0 Å². The molecular formula is C17H20F6N4O4. The van der Waals surface area contributed by atoms with Gasteiger partial charge in [0.2, 0.25) is 0 Å². The number of hydrogen-bond acceptors (Lipinski definition) is 5. The Bertz CT molecular complexity index is 812. The molecule has 31 heavy (non-hydrogen) atoms. The van der Waals surface area contributed by atoms with Gasteiger partial charge in [-0.25, -0.2) is 9.59 Å². The molecule has 1 N–H and O–H groups in total. The van der Waals surface area contributed by atoms with Crippen LogP contribution in [0.1, 0.15) is 23.0 Å². The summed E-state index contributed by atoms with van der Waals surface area (Å²) < 4.78 is 80.7. The van der Waals surface area contributed by atoms with Crippen LogP contribution in [0.25, 0.3) is 0 Å². The van der Waals surface area contributed by atoms with Crippen LogP contribution in [-0.4, -0.2) is 81.4 Å². The van der Waals surface area contributed by atoms with Crippen LogP contribution in [0.3, 0.4) is 0 Å². The molecule has 8 nitrogen and oxygen atoms in total. The third kappa shape index (κ3) is 4.88. The highest BCUT2D eigenvalue weighted by Gasteiger charge is 2.60. The molecular weight excluding hydrogens is 438 g/mol. The highest BCUT2D eigenvalue weighted by Crippen LogP contribution is 2.37. The SMILES string of the molecule is CCn1ncc(CN2CC3CN(C(=O)OC(C(F)(F)F)C(F)(F)F)CC3C2)c1C(=O)O. The molecule has 3 heterocycles. The number of aryl methyl sites for hydroxylation is 1. The maximum Gasteiger partial charge on any atom is 0.434 e. The van der Waals surface area contributed by atoms with Gasteiger partial charge >= 0.3 is 24.4 Å². The van der Waals surface area contributed by atoms with E-state index in [9.17, 15) is 41.0 Å². The van der Waals surface area contributed by atoms with Gasteiger partial charge in [0.15, 0.2) is 5.69 Å². The highest BCUT2D eigenvalue weighted by atomic mass is 19.4. The molecule has 0 aliphatic carbocycles. The summed E-state index contributed by atoms with van der Waals surface area (Å²) >= 11 is 0. The molecule has 0 spiro atoms. The normalized spacial score (nSPS) is 22.3. The van der Waals surface area contributed by atoms with Crippen molar-refractivity contribution < 1.29 is 45.8 Å². The lowest BCUT2D eigenvalue weighted by molar-refractivity contribution is -0.308. The Hall–Kier alpha value is -2.51. The minimum Gasteiger partial charge on any atom is -0.477 e. The number of hydrogen-bond donors (Lipinski definition) is 1. The van der Waals surface area contributed by atoms with Crippen molar-refractivity contribution in [3.8, 4) is 0 Å². The Labute approximate surface area is 172 Å². The molecule has 2 atom stereocenters. The number of fused-ring (bicyclic) bond motifs is 1. The Balaban J connectivity index is 1.59. The van der Waals surface area contributed by atoms with E-state index in [0.29, 0.717) is 25.2 Å². The summed E-state index contributed by atoms with van der Waals surface area (Å²) in [6.45, 7) is 3.15. The third-order valence-corrected chi connectivity index (χ3v) is 5.44. The van der Waals surface area contributed by atoms with Crippen molar-refractivity contribution in [2.75, 3.05) is 26.2 Å². The number of carboxylic acid groups (broad SMARTS) is 1. The van der Waals surface area contributed by atoms with E-state index in [4.69, 9.17) is 0 Å². The van der Waals surface area contributed by atoms with Crippen LogP contribution in [0.5, 0.6) is 0 Å². The van der Waals surface area contributed by atoms with Crippen LogP contribution in [-0.2, 0) is 17.8 Å². The molecule has 0 aromatic carbocycles. The average molecular weight is 458 g/mol. The van der Waals surface area contributed by atoms with Gasteiger partial charge in [0.05, 0.1) is 6.20 Å². The number of carbonyl (C=O) groups is 2. The Kier molecular flexibility index (Phi) is 6.13. The molecule has 2 unspecified atom stereocenters. The molecule has 1 aromatic heterocycles. The average Bonchev–Trinajstić information content (AvgIpc) is 3.30. The molecule has 3 rings (SSSR count). The summed E-state index contributed by atoms with van der Waals surface area (Å²) in [6, 6.07) is 0. The zero-order chi connectivity index (χ0) is 23.1. The lowest BCUT2D eigenvalue weighted by atomic mass is 10.0. The molecule has 174 valence electrons.